The minimum Gasteiger partial charge on any atom is -0.379 e. The summed E-state index contributed by atoms with van der Waals surface area (Å²) in [5.74, 6) is 0. The van der Waals surface area contributed by atoms with E-state index in [0.717, 1.165) is 18.6 Å². The van der Waals surface area contributed by atoms with Crippen LogP contribution in [0.25, 0.3) is 0 Å². The van der Waals surface area contributed by atoms with Gasteiger partial charge in [0.1, 0.15) is 5.02 Å². The van der Waals surface area contributed by atoms with Gasteiger partial charge in [-0.1, -0.05) is 24.6 Å². The van der Waals surface area contributed by atoms with Crippen molar-refractivity contribution in [2.45, 2.75) is 20.0 Å². The van der Waals surface area contributed by atoms with Gasteiger partial charge in [-0.05, 0) is 18.1 Å². The van der Waals surface area contributed by atoms with Gasteiger partial charge in [0.2, 0.25) is 0 Å². The third-order valence-corrected chi connectivity index (χ3v) is 2.52. The molecule has 6 heteroatoms. The average molecular weight is 274 g/mol. The number of hydrogen-bond donors (Lipinski definition) is 0. The molecule has 0 aromatic heterocycles. The van der Waals surface area contributed by atoms with Crippen LogP contribution < -0.4 is 0 Å². The molecule has 0 radical (unpaired) electrons. The van der Waals surface area contributed by atoms with Gasteiger partial charge in [0.05, 0.1) is 24.7 Å². The molecule has 0 amide bonds. The summed E-state index contributed by atoms with van der Waals surface area (Å²) in [5.41, 5.74) is 0.626. The second-order valence-corrected chi connectivity index (χ2v) is 4.12. The van der Waals surface area contributed by atoms with E-state index >= 15 is 0 Å². The summed E-state index contributed by atoms with van der Waals surface area (Å²) in [7, 11) is 0. The smallest absolute Gasteiger partial charge is 0.288 e. The SMILES string of the molecule is CCCOCCOCc1ccc(Cl)c([N+](=O)[O-])c1. The number of rotatable bonds is 8. The van der Waals surface area contributed by atoms with Crippen molar-refractivity contribution in [1.29, 1.82) is 0 Å². The number of ether oxygens (including phenoxy) is 2. The van der Waals surface area contributed by atoms with E-state index in [1.165, 1.54) is 12.1 Å². The molecule has 1 aromatic rings. The van der Waals surface area contributed by atoms with Crippen molar-refractivity contribution in [1.82, 2.24) is 0 Å². The molecule has 0 spiro atoms. The minimum atomic E-state index is -0.504. The molecule has 5 nitrogen and oxygen atoms in total. The van der Waals surface area contributed by atoms with Gasteiger partial charge in [0.15, 0.2) is 0 Å². The molecule has 0 fully saturated rings. The molecule has 0 atom stereocenters. The molecule has 1 rings (SSSR count). The Morgan fingerprint density at radius 2 is 2.00 bits per heavy atom. The van der Waals surface area contributed by atoms with Crippen LogP contribution in [-0.4, -0.2) is 24.7 Å². The van der Waals surface area contributed by atoms with Crippen LogP contribution in [0.15, 0.2) is 18.2 Å². The average Bonchev–Trinajstić information content (AvgIpc) is 2.35. The summed E-state index contributed by atoms with van der Waals surface area (Å²) >= 11 is 5.71. The summed E-state index contributed by atoms with van der Waals surface area (Å²) in [5, 5.41) is 10.8. The van der Waals surface area contributed by atoms with Crippen LogP contribution in [0.4, 0.5) is 5.69 Å². The van der Waals surface area contributed by atoms with E-state index in [2.05, 4.69) is 0 Å². The van der Waals surface area contributed by atoms with E-state index < -0.39 is 4.92 Å². The summed E-state index contributed by atoms with van der Waals surface area (Å²) in [6.45, 7) is 4.07. The van der Waals surface area contributed by atoms with E-state index in [1.807, 2.05) is 6.92 Å². The fraction of sp³-hybridized carbons (Fsp3) is 0.500. The third-order valence-electron chi connectivity index (χ3n) is 2.20. The van der Waals surface area contributed by atoms with Crippen molar-refractivity contribution >= 4 is 17.3 Å². The van der Waals surface area contributed by atoms with Crippen molar-refractivity contribution in [3.8, 4) is 0 Å². The highest BCUT2D eigenvalue weighted by Gasteiger charge is 2.12. The third kappa shape index (κ3) is 5.00. The predicted octanol–water partition coefficient (Wildman–Crippen LogP) is 3.19. The zero-order valence-corrected chi connectivity index (χ0v) is 11.0. The zero-order chi connectivity index (χ0) is 13.4. The van der Waals surface area contributed by atoms with Crippen molar-refractivity contribution in [2.24, 2.45) is 0 Å². The fourth-order valence-corrected chi connectivity index (χ4v) is 1.53. The molecular weight excluding hydrogens is 258 g/mol. The molecule has 100 valence electrons. The largest absolute Gasteiger partial charge is 0.379 e. The highest BCUT2D eigenvalue weighted by molar-refractivity contribution is 6.32. The molecule has 0 N–H and O–H groups in total. The van der Waals surface area contributed by atoms with Gasteiger partial charge in [-0.25, -0.2) is 0 Å². The van der Waals surface area contributed by atoms with Crippen LogP contribution in [0, 0.1) is 10.1 Å². The Morgan fingerprint density at radius 1 is 1.28 bits per heavy atom. The van der Waals surface area contributed by atoms with Gasteiger partial charge in [0.25, 0.3) is 5.69 Å². The van der Waals surface area contributed by atoms with Crippen molar-refractivity contribution in [2.75, 3.05) is 19.8 Å². The maximum absolute atomic E-state index is 10.7. The second-order valence-electron chi connectivity index (χ2n) is 3.71. The highest BCUT2D eigenvalue weighted by Crippen LogP contribution is 2.25. The molecule has 0 aliphatic carbocycles. The Kier molecular flexibility index (Phi) is 6.64. The summed E-state index contributed by atoms with van der Waals surface area (Å²) in [6.07, 6.45) is 0.976. The van der Waals surface area contributed by atoms with Gasteiger partial charge in [-0.15, -0.1) is 0 Å². The molecular formula is C12H16ClNO4. The molecule has 0 saturated heterocycles. The summed E-state index contributed by atoms with van der Waals surface area (Å²) in [6, 6.07) is 4.64. The van der Waals surface area contributed by atoms with Crippen LogP contribution in [0.5, 0.6) is 0 Å². The van der Waals surface area contributed by atoms with E-state index in [4.69, 9.17) is 21.1 Å². The molecule has 0 aliphatic heterocycles. The first kappa shape index (κ1) is 14.9. The fourth-order valence-electron chi connectivity index (χ4n) is 1.34. The topological polar surface area (TPSA) is 61.6 Å². The Balaban J connectivity index is 2.38. The van der Waals surface area contributed by atoms with Crippen LogP contribution in [-0.2, 0) is 16.1 Å². The molecule has 0 aliphatic rings. The van der Waals surface area contributed by atoms with Crippen molar-refractivity contribution in [3.63, 3.8) is 0 Å². The van der Waals surface area contributed by atoms with Crippen LogP contribution >= 0.6 is 11.6 Å². The Hall–Kier alpha value is -1.17. The number of nitro groups is 1. The van der Waals surface area contributed by atoms with Crippen LogP contribution in [0.1, 0.15) is 18.9 Å². The Labute approximate surface area is 111 Å². The second kappa shape index (κ2) is 8.02. The van der Waals surface area contributed by atoms with Gasteiger partial charge >= 0.3 is 0 Å². The van der Waals surface area contributed by atoms with Gasteiger partial charge in [0, 0.05) is 12.7 Å². The molecule has 0 saturated carbocycles. The Morgan fingerprint density at radius 3 is 2.67 bits per heavy atom. The maximum atomic E-state index is 10.7. The summed E-state index contributed by atoms with van der Waals surface area (Å²) in [4.78, 5) is 10.2. The van der Waals surface area contributed by atoms with Crippen molar-refractivity contribution < 1.29 is 14.4 Å². The molecule has 0 bridgehead atoms. The van der Waals surface area contributed by atoms with Crippen LogP contribution in [0.3, 0.4) is 0 Å². The Bertz CT molecular complexity index is 398. The number of halogens is 1. The maximum Gasteiger partial charge on any atom is 0.288 e. The molecule has 1 aromatic carbocycles. The van der Waals surface area contributed by atoms with Crippen molar-refractivity contribution in [3.05, 3.63) is 38.9 Å². The van der Waals surface area contributed by atoms with Crippen LogP contribution in [0.2, 0.25) is 5.02 Å². The standard InChI is InChI=1S/C12H16ClNO4/c1-2-5-17-6-7-18-9-10-3-4-11(13)12(8-10)14(15)16/h3-4,8H,2,5-7,9H2,1H3. The summed E-state index contributed by atoms with van der Waals surface area (Å²) < 4.78 is 10.6. The first-order valence-electron chi connectivity index (χ1n) is 5.73. The lowest BCUT2D eigenvalue weighted by Gasteiger charge is -2.05. The number of benzene rings is 1. The van der Waals surface area contributed by atoms with E-state index in [9.17, 15) is 10.1 Å². The lowest BCUT2D eigenvalue weighted by Crippen LogP contribution is -2.05. The van der Waals surface area contributed by atoms with E-state index in [0.29, 0.717) is 19.8 Å². The van der Waals surface area contributed by atoms with Gasteiger partial charge < -0.3 is 9.47 Å². The lowest BCUT2D eigenvalue weighted by atomic mass is 10.2. The monoisotopic (exact) mass is 273 g/mol. The predicted molar refractivity (Wildman–Crippen MR) is 68.9 cm³/mol. The minimum absolute atomic E-state index is 0.0972. The first-order valence-corrected chi connectivity index (χ1v) is 6.11. The number of hydrogen-bond acceptors (Lipinski definition) is 4. The molecule has 0 heterocycles. The molecule has 18 heavy (non-hydrogen) atoms. The normalized spacial score (nSPS) is 10.6. The number of nitrogens with zero attached hydrogens (tertiary/aromatic N) is 1. The number of nitro benzene ring substituents is 1. The van der Waals surface area contributed by atoms with Gasteiger partial charge in [-0.2, -0.15) is 0 Å². The lowest BCUT2D eigenvalue weighted by molar-refractivity contribution is -0.384. The zero-order valence-electron chi connectivity index (χ0n) is 10.2. The highest BCUT2D eigenvalue weighted by atomic mass is 35.5. The van der Waals surface area contributed by atoms with E-state index in [1.54, 1.807) is 6.07 Å². The van der Waals surface area contributed by atoms with Gasteiger partial charge in [-0.3, -0.25) is 10.1 Å². The molecule has 0 unspecified atom stereocenters. The quantitative estimate of drug-likeness (QED) is 0.415. The van der Waals surface area contributed by atoms with E-state index in [-0.39, 0.29) is 10.7 Å². The first-order chi connectivity index (χ1) is 8.65.